The van der Waals surface area contributed by atoms with Gasteiger partial charge in [0.25, 0.3) is 5.91 Å². The number of hydrogen-bond acceptors (Lipinski definition) is 7. The number of ether oxygens (including phenoxy) is 1. The van der Waals surface area contributed by atoms with Crippen molar-refractivity contribution in [3.63, 3.8) is 0 Å². The molecule has 0 aliphatic rings. The van der Waals surface area contributed by atoms with Gasteiger partial charge in [0, 0.05) is 16.5 Å². The molecule has 0 fully saturated rings. The molecule has 0 unspecified atom stereocenters. The van der Waals surface area contributed by atoms with Crippen LogP contribution < -0.4 is 10.1 Å². The van der Waals surface area contributed by atoms with E-state index in [0.29, 0.717) is 16.8 Å². The number of carbonyl (C=O) groups is 1. The Balaban J connectivity index is 1.33. The second-order valence-electron chi connectivity index (χ2n) is 6.44. The van der Waals surface area contributed by atoms with Crippen molar-refractivity contribution in [3.8, 4) is 28.5 Å². The molecule has 0 aliphatic carbocycles. The minimum Gasteiger partial charge on any atom is -0.484 e. The van der Waals surface area contributed by atoms with E-state index in [0.717, 1.165) is 16.8 Å². The summed E-state index contributed by atoms with van der Waals surface area (Å²) in [6.45, 7) is 4.03. The van der Waals surface area contributed by atoms with Gasteiger partial charge in [-0.15, -0.1) is 21.5 Å². The smallest absolute Gasteiger partial charge is 0.264 e. The minimum atomic E-state index is -0.271. The topological polar surface area (TPSA) is 90.1 Å². The van der Waals surface area contributed by atoms with Gasteiger partial charge in [-0.05, 0) is 55.3 Å². The molecular weight excluding hydrogens is 388 g/mol. The Kier molecular flexibility index (Phi) is 5.35. The molecule has 2 aromatic carbocycles. The van der Waals surface area contributed by atoms with Crippen molar-refractivity contribution in [3.05, 3.63) is 65.4 Å². The zero-order valence-corrected chi connectivity index (χ0v) is 16.7. The monoisotopic (exact) mass is 406 g/mol. The molecule has 8 heteroatoms. The molecule has 0 saturated carbocycles. The molecule has 2 heterocycles. The van der Waals surface area contributed by atoms with Crippen LogP contribution in [0.3, 0.4) is 0 Å². The number of hydrogen-bond donors (Lipinski definition) is 1. The molecule has 0 radical (unpaired) electrons. The van der Waals surface area contributed by atoms with Crippen molar-refractivity contribution in [2.45, 2.75) is 13.8 Å². The third kappa shape index (κ3) is 4.49. The van der Waals surface area contributed by atoms with Crippen LogP contribution in [0.4, 0.5) is 5.13 Å². The van der Waals surface area contributed by atoms with Gasteiger partial charge in [0.2, 0.25) is 12.3 Å². The van der Waals surface area contributed by atoms with Gasteiger partial charge in [-0.3, -0.25) is 10.1 Å². The number of nitrogens with one attached hydrogen (secondary N) is 1. The lowest BCUT2D eigenvalue weighted by atomic mass is 10.1. The Hall–Kier alpha value is -3.52. The van der Waals surface area contributed by atoms with E-state index in [1.807, 2.05) is 11.4 Å². The van der Waals surface area contributed by atoms with E-state index in [9.17, 15) is 4.79 Å². The maximum absolute atomic E-state index is 12.2. The van der Waals surface area contributed by atoms with E-state index in [1.165, 1.54) is 28.9 Å². The highest BCUT2D eigenvalue weighted by Crippen LogP contribution is 2.26. The SMILES string of the molecule is Cc1ccc(-c2csc(NC(=O)COc3ccc(-c4nnco4)cc3)n2)cc1C. The number of benzene rings is 2. The molecule has 2 aromatic heterocycles. The average molecular weight is 406 g/mol. The van der Waals surface area contributed by atoms with Gasteiger partial charge < -0.3 is 9.15 Å². The van der Waals surface area contributed by atoms with Crippen molar-refractivity contribution in [2.24, 2.45) is 0 Å². The standard InChI is InChI=1S/C21H18N4O3S/c1-13-3-4-16(9-14(13)2)18-11-29-21(23-18)24-19(26)10-27-17-7-5-15(6-8-17)20-25-22-12-28-20/h3-9,11-12H,10H2,1-2H3,(H,23,24,26). The Labute approximate surface area is 171 Å². The summed E-state index contributed by atoms with van der Waals surface area (Å²) in [6, 6.07) is 13.3. The number of anilines is 1. The largest absolute Gasteiger partial charge is 0.484 e. The van der Waals surface area contributed by atoms with Gasteiger partial charge in [-0.25, -0.2) is 4.98 Å². The fourth-order valence-corrected chi connectivity index (χ4v) is 3.40. The van der Waals surface area contributed by atoms with Gasteiger partial charge >= 0.3 is 0 Å². The number of thiazole rings is 1. The Morgan fingerprint density at radius 1 is 1.10 bits per heavy atom. The molecule has 0 aliphatic heterocycles. The van der Waals surface area contributed by atoms with Gasteiger partial charge in [-0.1, -0.05) is 12.1 Å². The molecule has 146 valence electrons. The number of aryl methyl sites for hydroxylation is 2. The summed E-state index contributed by atoms with van der Waals surface area (Å²) >= 11 is 1.38. The summed E-state index contributed by atoms with van der Waals surface area (Å²) in [5.74, 6) is 0.725. The first-order valence-corrected chi connectivity index (χ1v) is 9.79. The van der Waals surface area contributed by atoms with Crippen molar-refractivity contribution in [1.29, 1.82) is 0 Å². The lowest BCUT2D eigenvalue weighted by Gasteiger charge is -2.06. The third-order valence-electron chi connectivity index (χ3n) is 4.38. The predicted molar refractivity (Wildman–Crippen MR) is 111 cm³/mol. The van der Waals surface area contributed by atoms with Gasteiger partial charge in [0.05, 0.1) is 5.69 Å². The lowest BCUT2D eigenvalue weighted by molar-refractivity contribution is -0.118. The first-order chi connectivity index (χ1) is 14.1. The molecule has 0 saturated heterocycles. The molecule has 0 spiro atoms. The van der Waals surface area contributed by atoms with Crippen LogP contribution >= 0.6 is 11.3 Å². The summed E-state index contributed by atoms with van der Waals surface area (Å²) in [4.78, 5) is 16.7. The molecule has 1 amide bonds. The van der Waals surface area contributed by atoms with Crippen LogP contribution in [0.15, 0.2) is 58.7 Å². The van der Waals surface area contributed by atoms with Crippen LogP contribution in [0.1, 0.15) is 11.1 Å². The number of nitrogens with zero attached hydrogens (tertiary/aromatic N) is 3. The van der Waals surface area contributed by atoms with Crippen LogP contribution in [0, 0.1) is 13.8 Å². The van der Waals surface area contributed by atoms with Crippen LogP contribution in [0.2, 0.25) is 0 Å². The fraction of sp³-hybridized carbons (Fsp3) is 0.143. The number of carbonyl (C=O) groups excluding carboxylic acids is 1. The number of rotatable bonds is 6. The lowest BCUT2D eigenvalue weighted by Crippen LogP contribution is -2.20. The Bertz CT molecular complexity index is 1120. The fourth-order valence-electron chi connectivity index (χ4n) is 2.66. The average Bonchev–Trinajstić information content (AvgIpc) is 3.41. The van der Waals surface area contributed by atoms with Crippen LogP contribution in [0.5, 0.6) is 5.75 Å². The summed E-state index contributed by atoms with van der Waals surface area (Å²) < 4.78 is 10.7. The molecule has 0 atom stereocenters. The predicted octanol–water partition coefficient (Wildman–Crippen LogP) is 4.49. The quantitative estimate of drug-likeness (QED) is 0.507. The summed E-state index contributed by atoms with van der Waals surface area (Å²) in [5.41, 5.74) is 5.09. The molecule has 29 heavy (non-hydrogen) atoms. The molecule has 1 N–H and O–H groups in total. The second kappa shape index (κ2) is 8.24. The van der Waals surface area contributed by atoms with E-state index < -0.39 is 0 Å². The van der Waals surface area contributed by atoms with E-state index in [4.69, 9.17) is 9.15 Å². The molecule has 4 rings (SSSR count). The summed E-state index contributed by atoms with van der Waals surface area (Å²) in [5, 5.41) is 12.7. The Morgan fingerprint density at radius 3 is 2.62 bits per heavy atom. The van der Waals surface area contributed by atoms with Crippen molar-refractivity contribution in [1.82, 2.24) is 15.2 Å². The molecule has 7 nitrogen and oxygen atoms in total. The summed E-state index contributed by atoms with van der Waals surface area (Å²) in [7, 11) is 0. The summed E-state index contributed by atoms with van der Waals surface area (Å²) in [6.07, 6.45) is 1.27. The van der Waals surface area contributed by atoms with E-state index in [1.54, 1.807) is 24.3 Å². The van der Waals surface area contributed by atoms with Crippen LogP contribution in [0.25, 0.3) is 22.7 Å². The van der Waals surface area contributed by atoms with E-state index in [2.05, 4.69) is 46.5 Å². The van der Waals surface area contributed by atoms with Crippen molar-refractivity contribution >= 4 is 22.4 Å². The van der Waals surface area contributed by atoms with E-state index >= 15 is 0 Å². The Morgan fingerprint density at radius 2 is 1.90 bits per heavy atom. The molecular formula is C21H18N4O3S. The van der Waals surface area contributed by atoms with E-state index in [-0.39, 0.29) is 12.5 Å². The zero-order valence-electron chi connectivity index (χ0n) is 15.9. The number of aromatic nitrogens is 3. The second-order valence-corrected chi connectivity index (χ2v) is 7.30. The third-order valence-corrected chi connectivity index (χ3v) is 5.14. The first kappa shape index (κ1) is 18.8. The first-order valence-electron chi connectivity index (χ1n) is 8.91. The highest BCUT2D eigenvalue weighted by Gasteiger charge is 2.10. The number of amides is 1. The van der Waals surface area contributed by atoms with Gasteiger partial charge in [-0.2, -0.15) is 0 Å². The normalized spacial score (nSPS) is 10.7. The molecule has 0 bridgehead atoms. The highest BCUT2D eigenvalue weighted by molar-refractivity contribution is 7.14. The van der Waals surface area contributed by atoms with Gasteiger partial charge in [0.1, 0.15) is 5.75 Å². The maximum Gasteiger partial charge on any atom is 0.264 e. The minimum absolute atomic E-state index is 0.113. The van der Waals surface area contributed by atoms with Crippen molar-refractivity contribution in [2.75, 3.05) is 11.9 Å². The highest BCUT2D eigenvalue weighted by atomic mass is 32.1. The van der Waals surface area contributed by atoms with Gasteiger partial charge in [0.15, 0.2) is 11.7 Å². The van der Waals surface area contributed by atoms with Crippen molar-refractivity contribution < 1.29 is 13.9 Å². The van der Waals surface area contributed by atoms with Crippen LogP contribution in [-0.2, 0) is 4.79 Å². The van der Waals surface area contributed by atoms with Crippen LogP contribution in [-0.4, -0.2) is 27.7 Å². The zero-order chi connectivity index (χ0) is 20.2. The maximum atomic E-state index is 12.2. The molecule has 4 aromatic rings.